The van der Waals surface area contributed by atoms with Gasteiger partial charge in [-0.15, -0.1) is 0 Å². The summed E-state index contributed by atoms with van der Waals surface area (Å²) in [6, 6.07) is 2.14. The molecule has 0 radical (unpaired) electrons. The molecule has 0 aliphatic rings. The second kappa shape index (κ2) is 4.85. The van der Waals surface area contributed by atoms with Crippen LogP contribution in [0.25, 0.3) is 0 Å². The molecule has 0 heterocycles. The Bertz CT molecular complexity index is 443. The number of Topliss-reactive ketones (excluding diaryl/α,β-unsaturated/α-hetero) is 1. The first-order valence-corrected chi connectivity index (χ1v) is 4.68. The summed E-state index contributed by atoms with van der Waals surface area (Å²) in [5.74, 6) is -2.47. The molecular formula is C11H12FNO3. The average molecular weight is 225 g/mol. The van der Waals surface area contributed by atoms with E-state index < -0.39 is 17.3 Å². The van der Waals surface area contributed by atoms with Crippen molar-refractivity contribution in [3.05, 3.63) is 34.6 Å². The van der Waals surface area contributed by atoms with E-state index in [9.17, 15) is 14.0 Å². The zero-order valence-corrected chi connectivity index (χ0v) is 9.00. The summed E-state index contributed by atoms with van der Waals surface area (Å²) in [6.45, 7) is 1.66. The van der Waals surface area contributed by atoms with Gasteiger partial charge >= 0.3 is 5.97 Å². The largest absolute Gasteiger partial charge is 0.478 e. The van der Waals surface area contributed by atoms with E-state index in [2.05, 4.69) is 5.32 Å². The Kier molecular flexibility index (Phi) is 3.73. The lowest BCUT2D eigenvalue weighted by atomic mass is 10.0. The number of hydrogen-bond donors (Lipinski definition) is 2. The van der Waals surface area contributed by atoms with E-state index in [0.29, 0.717) is 5.56 Å². The van der Waals surface area contributed by atoms with Crippen LogP contribution in [0, 0.1) is 12.7 Å². The van der Waals surface area contributed by atoms with Gasteiger partial charge in [0, 0.05) is 5.56 Å². The summed E-state index contributed by atoms with van der Waals surface area (Å²) in [6.07, 6.45) is 0. The molecule has 0 spiro atoms. The molecule has 4 nitrogen and oxygen atoms in total. The SMILES string of the molecule is CNCC(=O)c1cc(C(=O)O)c(F)cc1C. The number of aryl methyl sites for hydroxylation is 1. The molecule has 2 N–H and O–H groups in total. The van der Waals surface area contributed by atoms with Gasteiger partial charge in [-0.3, -0.25) is 4.79 Å². The van der Waals surface area contributed by atoms with E-state index in [1.54, 1.807) is 14.0 Å². The lowest BCUT2D eigenvalue weighted by Gasteiger charge is -2.07. The number of carbonyl (C=O) groups excluding carboxylic acids is 1. The third-order valence-corrected chi connectivity index (χ3v) is 2.18. The first-order valence-electron chi connectivity index (χ1n) is 4.68. The number of halogens is 1. The molecule has 86 valence electrons. The van der Waals surface area contributed by atoms with Gasteiger partial charge in [0.25, 0.3) is 0 Å². The van der Waals surface area contributed by atoms with Crippen LogP contribution in [0.15, 0.2) is 12.1 Å². The minimum Gasteiger partial charge on any atom is -0.478 e. The van der Waals surface area contributed by atoms with Gasteiger partial charge in [-0.05, 0) is 31.7 Å². The van der Waals surface area contributed by atoms with E-state index in [1.807, 2.05) is 0 Å². The number of likely N-dealkylation sites (N-methyl/N-ethyl adjacent to an activating group) is 1. The van der Waals surface area contributed by atoms with E-state index in [1.165, 1.54) is 0 Å². The Balaban J connectivity index is 3.24. The summed E-state index contributed by atoms with van der Waals surface area (Å²) in [7, 11) is 1.61. The van der Waals surface area contributed by atoms with Crippen LogP contribution in [0.4, 0.5) is 4.39 Å². The fourth-order valence-corrected chi connectivity index (χ4v) is 1.39. The molecule has 0 fully saturated rings. The van der Waals surface area contributed by atoms with Gasteiger partial charge in [0.05, 0.1) is 12.1 Å². The molecule has 0 saturated carbocycles. The van der Waals surface area contributed by atoms with Crippen molar-refractivity contribution < 1.29 is 19.1 Å². The number of aromatic carboxylic acids is 1. The number of rotatable bonds is 4. The second-order valence-corrected chi connectivity index (χ2v) is 3.41. The van der Waals surface area contributed by atoms with Crippen molar-refractivity contribution >= 4 is 11.8 Å². The molecule has 16 heavy (non-hydrogen) atoms. The molecule has 0 saturated heterocycles. The summed E-state index contributed by atoms with van der Waals surface area (Å²) in [5.41, 5.74) is 0.181. The molecule has 5 heteroatoms. The fraction of sp³-hybridized carbons (Fsp3) is 0.273. The van der Waals surface area contributed by atoms with Crippen LogP contribution in [0.3, 0.4) is 0 Å². The van der Waals surface area contributed by atoms with Gasteiger partial charge in [-0.25, -0.2) is 9.18 Å². The van der Waals surface area contributed by atoms with Gasteiger partial charge in [-0.1, -0.05) is 0 Å². The Labute approximate surface area is 92.1 Å². The van der Waals surface area contributed by atoms with E-state index in [4.69, 9.17) is 5.11 Å². The number of hydrogen-bond acceptors (Lipinski definition) is 3. The molecule has 0 amide bonds. The van der Waals surface area contributed by atoms with Crippen LogP contribution in [0.2, 0.25) is 0 Å². The van der Waals surface area contributed by atoms with Gasteiger partial charge in [0.15, 0.2) is 5.78 Å². The van der Waals surface area contributed by atoms with Crippen LogP contribution in [0.1, 0.15) is 26.3 Å². The number of benzene rings is 1. The minimum atomic E-state index is -1.38. The predicted molar refractivity (Wildman–Crippen MR) is 56.4 cm³/mol. The number of carboxylic acids is 1. The number of nitrogens with one attached hydrogen (secondary N) is 1. The van der Waals surface area contributed by atoms with Crippen molar-refractivity contribution in [1.82, 2.24) is 5.32 Å². The topological polar surface area (TPSA) is 66.4 Å². The van der Waals surface area contributed by atoms with Gasteiger partial charge in [-0.2, -0.15) is 0 Å². The summed E-state index contributed by atoms with van der Waals surface area (Å²) in [5, 5.41) is 11.4. The molecule has 1 aromatic rings. The normalized spacial score (nSPS) is 10.2. The van der Waals surface area contributed by atoms with Crippen LogP contribution in [-0.4, -0.2) is 30.5 Å². The Hall–Kier alpha value is -1.75. The molecule has 0 atom stereocenters. The maximum atomic E-state index is 13.2. The highest BCUT2D eigenvalue weighted by Crippen LogP contribution is 2.16. The Morgan fingerprint density at radius 3 is 2.50 bits per heavy atom. The van der Waals surface area contributed by atoms with Crippen LogP contribution >= 0.6 is 0 Å². The van der Waals surface area contributed by atoms with Crippen molar-refractivity contribution in [2.75, 3.05) is 13.6 Å². The van der Waals surface area contributed by atoms with E-state index in [-0.39, 0.29) is 17.9 Å². The highest BCUT2D eigenvalue weighted by molar-refractivity contribution is 6.01. The molecule has 1 aromatic carbocycles. The van der Waals surface area contributed by atoms with Crippen LogP contribution in [-0.2, 0) is 0 Å². The number of carboxylic acid groups (broad SMARTS) is 1. The Morgan fingerprint density at radius 2 is 2.00 bits per heavy atom. The maximum absolute atomic E-state index is 13.2. The third-order valence-electron chi connectivity index (χ3n) is 2.18. The maximum Gasteiger partial charge on any atom is 0.338 e. The van der Waals surface area contributed by atoms with Gasteiger partial charge in [0.2, 0.25) is 0 Å². The van der Waals surface area contributed by atoms with Crippen molar-refractivity contribution in [2.45, 2.75) is 6.92 Å². The molecule has 0 unspecified atom stereocenters. The lowest BCUT2D eigenvalue weighted by molar-refractivity contribution is 0.0692. The van der Waals surface area contributed by atoms with Crippen molar-refractivity contribution in [2.24, 2.45) is 0 Å². The van der Waals surface area contributed by atoms with Gasteiger partial charge < -0.3 is 10.4 Å². The minimum absolute atomic E-state index is 0.0888. The monoisotopic (exact) mass is 225 g/mol. The number of carbonyl (C=O) groups is 2. The fourth-order valence-electron chi connectivity index (χ4n) is 1.39. The predicted octanol–water partition coefficient (Wildman–Crippen LogP) is 1.23. The summed E-state index contributed by atoms with van der Waals surface area (Å²) >= 11 is 0. The van der Waals surface area contributed by atoms with Crippen molar-refractivity contribution in [3.8, 4) is 0 Å². The summed E-state index contributed by atoms with van der Waals surface area (Å²) in [4.78, 5) is 22.3. The average Bonchev–Trinajstić information content (AvgIpc) is 2.17. The zero-order chi connectivity index (χ0) is 12.3. The number of ketones is 1. The van der Waals surface area contributed by atoms with E-state index in [0.717, 1.165) is 12.1 Å². The second-order valence-electron chi connectivity index (χ2n) is 3.41. The lowest BCUT2D eigenvalue weighted by Crippen LogP contribution is -2.20. The smallest absolute Gasteiger partial charge is 0.338 e. The van der Waals surface area contributed by atoms with Gasteiger partial charge in [0.1, 0.15) is 5.82 Å². The molecule has 1 rings (SSSR count). The molecule has 0 bridgehead atoms. The quantitative estimate of drug-likeness (QED) is 0.756. The summed E-state index contributed by atoms with van der Waals surface area (Å²) < 4.78 is 13.2. The zero-order valence-electron chi connectivity index (χ0n) is 9.00. The van der Waals surface area contributed by atoms with Crippen molar-refractivity contribution in [3.63, 3.8) is 0 Å². The van der Waals surface area contributed by atoms with Crippen LogP contribution in [0.5, 0.6) is 0 Å². The standard InChI is InChI=1S/C11H12FNO3/c1-6-3-9(12)8(11(15)16)4-7(6)10(14)5-13-2/h3-4,13H,5H2,1-2H3,(H,15,16). The first-order chi connectivity index (χ1) is 7.47. The first kappa shape index (κ1) is 12.3. The molecule has 0 aliphatic carbocycles. The van der Waals surface area contributed by atoms with Crippen LogP contribution < -0.4 is 5.32 Å². The highest BCUT2D eigenvalue weighted by atomic mass is 19.1. The third kappa shape index (κ3) is 2.43. The molecular weight excluding hydrogens is 213 g/mol. The van der Waals surface area contributed by atoms with Crippen molar-refractivity contribution in [1.29, 1.82) is 0 Å². The highest BCUT2D eigenvalue weighted by Gasteiger charge is 2.16. The molecule has 0 aromatic heterocycles. The van der Waals surface area contributed by atoms with E-state index >= 15 is 0 Å². The molecule has 0 aliphatic heterocycles. The Morgan fingerprint density at radius 1 is 1.38 bits per heavy atom.